The van der Waals surface area contributed by atoms with Gasteiger partial charge >= 0.3 is 0 Å². The van der Waals surface area contributed by atoms with E-state index in [1.54, 1.807) is 11.1 Å². The monoisotopic (exact) mass is 558 g/mol. The molecule has 0 amide bonds. The molecule has 2 N–H and O–H groups in total. The molecule has 38 heavy (non-hydrogen) atoms. The van der Waals surface area contributed by atoms with Crippen LogP contribution >= 0.6 is 11.8 Å². The molecule has 3 aliphatic rings. The van der Waals surface area contributed by atoms with E-state index < -0.39 is 13.9 Å². The molecule has 3 rings (SSSR count). The number of hydrogen-bond donors (Lipinski definition) is 2. The van der Waals surface area contributed by atoms with Crippen molar-refractivity contribution in [1.82, 2.24) is 0 Å². The number of allylic oxidation sites excluding steroid dienone is 4. The molecule has 0 radical (unpaired) electrons. The molecule has 2 fully saturated rings. The predicted molar refractivity (Wildman–Crippen MR) is 168 cm³/mol. The van der Waals surface area contributed by atoms with Crippen LogP contribution in [0.5, 0.6) is 0 Å². The maximum absolute atomic E-state index is 10.7. The summed E-state index contributed by atoms with van der Waals surface area (Å²) in [6.07, 6.45) is 16.7. The van der Waals surface area contributed by atoms with Crippen molar-refractivity contribution < 1.29 is 14.6 Å². The van der Waals surface area contributed by atoms with Gasteiger partial charge in [-0.25, -0.2) is 0 Å². The molecule has 214 valence electrons. The van der Waals surface area contributed by atoms with E-state index in [-0.39, 0.29) is 22.7 Å². The Balaban J connectivity index is 1.73. The minimum Gasteiger partial charge on any atom is -0.410 e. The molecule has 0 unspecified atom stereocenters. The summed E-state index contributed by atoms with van der Waals surface area (Å²) in [6, 6.07) is 0. The van der Waals surface area contributed by atoms with Crippen LogP contribution in [0.2, 0.25) is 18.1 Å². The van der Waals surface area contributed by atoms with E-state index in [4.69, 9.17) is 4.43 Å². The third-order valence-electron chi connectivity index (χ3n) is 9.50. The Morgan fingerprint density at radius 3 is 2.55 bits per heavy atom. The van der Waals surface area contributed by atoms with E-state index in [9.17, 15) is 10.2 Å². The Hall–Kier alpha value is -0.853. The predicted octanol–water partition coefficient (Wildman–Crippen LogP) is 8.53. The van der Waals surface area contributed by atoms with Crippen molar-refractivity contribution in [1.29, 1.82) is 0 Å². The molecule has 5 atom stereocenters. The van der Waals surface area contributed by atoms with Crippen LogP contribution in [0, 0.1) is 11.3 Å². The summed E-state index contributed by atoms with van der Waals surface area (Å²) in [4.78, 5) is 0. The zero-order valence-corrected chi connectivity index (χ0v) is 27.4. The largest absolute Gasteiger partial charge is 0.410 e. The van der Waals surface area contributed by atoms with E-state index >= 15 is 0 Å². The van der Waals surface area contributed by atoms with E-state index in [0.717, 1.165) is 29.7 Å². The minimum atomic E-state index is -1.96. The fraction of sp³-hybridized carbons (Fsp3) is 0.697. The lowest BCUT2D eigenvalue weighted by molar-refractivity contribution is 0.0908. The van der Waals surface area contributed by atoms with Gasteiger partial charge in [-0.2, -0.15) is 11.8 Å². The van der Waals surface area contributed by atoms with E-state index in [2.05, 4.69) is 78.6 Å². The second kappa shape index (κ2) is 11.9. The Morgan fingerprint density at radius 1 is 1.24 bits per heavy atom. The van der Waals surface area contributed by atoms with Crippen LogP contribution < -0.4 is 0 Å². The number of hydrogen-bond acceptors (Lipinski definition) is 4. The lowest BCUT2D eigenvalue weighted by Crippen LogP contribution is -2.46. The molecule has 0 aromatic rings. The third-order valence-corrected chi connectivity index (χ3v) is 15.1. The van der Waals surface area contributed by atoms with Gasteiger partial charge in [0.25, 0.3) is 0 Å². The van der Waals surface area contributed by atoms with Gasteiger partial charge in [0.15, 0.2) is 8.32 Å². The van der Waals surface area contributed by atoms with Crippen LogP contribution in [-0.4, -0.2) is 47.3 Å². The quantitative estimate of drug-likeness (QED) is 0.231. The maximum atomic E-state index is 10.7. The first kappa shape index (κ1) is 31.7. The number of aliphatic hydroxyl groups is 2. The van der Waals surface area contributed by atoms with Crippen molar-refractivity contribution in [2.24, 2.45) is 11.3 Å². The second-order valence-corrected chi connectivity index (χ2v) is 20.3. The lowest BCUT2D eigenvalue weighted by atomic mass is 9.64. The summed E-state index contributed by atoms with van der Waals surface area (Å²) in [5.74, 6) is 1.47. The summed E-state index contributed by atoms with van der Waals surface area (Å²) in [5, 5.41) is 21.3. The molecule has 0 heterocycles. The standard InChI is InChI=1S/C33H54O3SSi/c1-23-26(21-27(34)22-30(23)36-38(9,10)31(3,4)5)15-14-25-13-11-19-33(8)28(16-17-29(25)33)24(2)37-20-12-18-32(6,7)35/h12,14-16,18,24,27,29-30,34-35H,1,11,13,17,19-22H2,2-10H3/b18-12+,25-14?,26-15?/t24-,27+,29-,30-,33+/m0/s1. The third kappa shape index (κ3) is 7.45. The lowest BCUT2D eigenvalue weighted by Gasteiger charge is -2.43. The first-order valence-electron chi connectivity index (χ1n) is 14.6. The van der Waals surface area contributed by atoms with Crippen LogP contribution in [-0.2, 0) is 4.43 Å². The number of rotatable bonds is 8. The Bertz CT molecular complexity index is 991. The zero-order chi connectivity index (χ0) is 28.5. The van der Waals surface area contributed by atoms with Crippen molar-refractivity contribution in [3.63, 3.8) is 0 Å². The molecule has 0 saturated heterocycles. The highest BCUT2D eigenvalue weighted by atomic mass is 32.2. The summed E-state index contributed by atoms with van der Waals surface area (Å²) >= 11 is 1.97. The normalized spacial score (nSPS) is 32.2. The molecule has 5 heteroatoms. The van der Waals surface area contributed by atoms with Crippen LogP contribution in [0.1, 0.15) is 87.0 Å². The van der Waals surface area contributed by atoms with Gasteiger partial charge in [-0.15, -0.1) is 0 Å². The zero-order valence-electron chi connectivity index (χ0n) is 25.6. The van der Waals surface area contributed by atoms with Gasteiger partial charge in [0.05, 0.1) is 17.8 Å². The highest BCUT2D eigenvalue weighted by molar-refractivity contribution is 8.00. The van der Waals surface area contributed by atoms with E-state index in [0.29, 0.717) is 24.0 Å². The fourth-order valence-corrected chi connectivity index (χ4v) is 8.55. The van der Waals surface area contributed by atoms with Gasteiger partial charge in [-0.05, 0) is 93.5 Å². The van der Waals surface area contributed by atoms with Crippen molar-refractivity contribution in [3.8, 4) is 0 Å². The van der Waals surface area contributed by atoms with Crippen molar-refractivity contribution in [2.45, 2.75) is 128 Å². The van der Waals surface area contributed by atoms with Gasteiger partial charge < -0.3 is 14.6 Å². The first-order valence-corrected chi connectivity index (χ1v) is 18.6. The summed E-state index contributed by atoms with van der Waals surface area (Å²) in [5.41, 5.74) is 4.83. The van der Waals surface area contributed by atoms with Gasteiger partial charge in [0.2, 0.25) is 0 Å². The average molecular weight is 559 g/mol. The van der Waals surface area contributed by atoms with E-state index in [1.165, 1.54) is 12.8 Å². The van der Waals surface area contributed by atoms with Crippen LogP contribution in [0.4, 0.5) is 0 Å². The summed E-state index contributed by atoms with van der Waals surface area (Å²) in [6.45, 7) is 24.3. The fourth-order valence-electron chi connectivity index (χ4n) is 6.21. The Morgan fingerprint density at radius 2 is 1.92 bits per heavy atom. The highest BCUT2D eigenvalue weighted by Crippen LogP contribution is 2.56. The molecule has 2 saturated carbocycles. The van der Waals surface area contributed by atoms with Crippen molar-refractivity contribution in [3.05, 3.63) is 59.3 Å². The Labute approximate surface area is 238 Å². The number of thioether (sulfide) groups is 1. The molecular formula is C33H54O3SSi. The first-order chi connectivity index (χ1) is 17.4. The van der Waals surface area contributed by atoms with Crippen molar-refractivity contribution in [2.75, 3.05) is 5.75 Å². The highest BCUT2D eigenvalue weighted by Gasteiger charge is 2.46. The number of aliphatic hydroxyl groups excluding tert-OH is 1. The van der Waals surface area contributed by atoms with Crippen LogP contribution in [0.25, 0.3) is 0 Å². The Kier molecular flexibility index (Phi) is 9.95. The smallest absolute Gasteiger partial charge is 0.192 e. The van der Waals surface area contributed by atoms with Gasteiger partial charge in [-0.1, -0.05) is 75.8 Å². The SMILES string of the molecule is C=C1C(=CC=C2CCC[C@]3(C)C([C@H](C)SC/C=C/C(C)(C)O)=CC[C@@H]23)C[C@@H](O)C[C@@H]1O[Si](C)(C)C(C)(C)C. The maximum Gasteiger partial charge on any atom is 0.192 e. The molecule has 0 aromatic carbocycles. The molecular weight excluding hydrogens is 505 g/mol. The van der Waals surface area contributed by atoms with Gasteiger partial charge in [0, 0.05) is 17.4 Å². The molecule has 3 aliphatic carbocycles. The van der Waals surface area contributed by atoms with E-state index in [1.807, 2.05) is 31.7 Å². The average Bonchev–Trinajstić information content (AvgIpc) is 3.13. The van der Waals surface area contributed by atoms with Gasteiger partial charge in [0.1, 0.15) is 0 Å². The van der Waals surface area contributed by atoms with Gasteiger partial charge in [-0.3, -0.25) is 0 Å². The molecule has 0 aliphatic heterocycles. The van der Waals surface area contributed by atoms with Crippen LogP contribution in [0.15, 0.2) is 59.3 Å². The minimum absolute atomic E-state index is 0.0935. The molecule has 0 aromatic heterocycles. The summed E-state index contributed by atoms with van der Waals surface area (Å²) < 4.78 is 6.72. The number of fused-ring (bicyclic) bond motifs is 1. The molecule has 0 spiro atoms. The molecule has 0 bridgehead atoms. The second-order valence-electron chi connectivity index (χ2n) is 14.2. The topological polar surface area (TPSA) is 49.7 Å². The van der Waals surface area contributed by atoms with Crippen LogP contribution in [0.3, 0.4) is 0 Å². The summed E-state index contributed by atoms with van der Waals surface area (Å²) in [7, 11) is -1.96. The molecule has 3 nitrogen and oxygen atoms in total. The van der Waals surface area contributed by atoms with Crippen molar-refractivity contribution >= 4 is 20.1 Å².